The molecule has 1 heterocycles. The first kappa shape index (κ1) is 19.0. The summed E-state index contributed by atoms with van der Waals surface area (Å²) in [4.78, 5) is 12.4. The van der Waals surface area contributed by atoms with Gasteiger partial charge in [-0.2, -0.15) is 0 Å². The molecule has 0 saturated carbocycles. The molecular weight excluding hydrogens is 358 g/mol. The average Bonchev–Trinajstić information content (AvgIpc) is 3.08. The average molecular weight is 383 g/mol. The van der Waals surface area contributed by atoms with Crippen LogP contribution in [0.2, 0.25) is 0 Å². The number of carbonyl (C=O) groups is 1. The van der Waals surface area contributed by atoms with Crippen molar-refractivity contribution in [3.8, 4) is 11.1 Å². The molecule has 3 heteroatoms. The molecule has 4 rings (SSSR count). The number of fused-ring (bicyclic) bond motifs is 1. The molecule has 0 atom stereocenters. The highest BCUT2D eigenvalue weighted by Crippen LogP contribution is 2.36. The van der Waals surface area contributed by atoms with Crippen molar-refractivity contribution in [3.05, 3.63) is 95.7 Å². The summed E-state index contributed by atoms with van der Waals surface area (Å²) in [6, 6.07) is 26.3. The van der Waals surface area contributed by atoms with E-state index in [9.17, 15) is 9.90 Å². The van der Waals surface area contributed by atoms with Crippen LogP contribution in [-0.4, -0.2) is 15.6 Å². The highest BCUT2D eigenvalue weighted by Gasteiger charge is 2.23. The lowest BCUT2D eigenvalue weighted by Gasteiger charge is -2.10. The van der Waals surface area contributed by atoms with Crippen LogP contribution in [0.3, 0.4) is 0 Å². The second-order valence-corrected chi connectivity index (χ2v) is 7.42. The van der Waals surface area contributed by atoms with Crippen molar-refractivity contribution < 1.29 is 9.90 Å². The molecule has 0 fully saturated rings. The lowest BCUT2D eigenvalue weighted by Crippen LogP contribution is -2.10. The Balaban J connectivity index is 1.87. The van der Waals surface area contributed by atoms with E-state index in [4.69, 9.17) is 0 Å². The first-order chi connectivity index (χ1) is 14.2. The SMILES string of the molecule is CCCCc1ccc(-c2c(C(=O)O)n(Cc3ccccc3)c3ccccc23)cc1. The molecule has 3 nitrogen and oxygen atoms in total. The van der Waals surface area contributed by atoms with Crippen molar-refractivity contribution in [1.29, 1.82) is 0 Å². The molecule has 0 aliphatic carbocycles. The molecule has 1 aromatic heterocycles. The van der Waals surface area contributed by atoms with Gasteiger partial charge in [-0.1, -0.05) is 86.1 Å². The smallest absolute Gasteiger partial charge is 0.353 e. The number of carboxylic acid groups (broad SMARTS) is 1. The van der Waals surface area contributed by atoms with Gasteiger partial charge >= 0.3 is 5.97 Å². The van der Waals surface area contributed by atoms with Crippen LogP contribution in [-0.2, 0) is 13.0 Å². The molecule has 0 amide bonds. The minimum absolute atomic E-state index is 0.344. The largest absolute Gasteiger partial charge is 0.477 e. The summed E-state index contributed by atoms with van der Waals surface area (Å²) >= 11 is 0. The molecule has 3 aromatic carbocycles. The number of aryl methyl sites for hydroxylation is 1. The summed E-state index contributed by atoms with van der Waals surface area (Å²) in [6.45, 7) is 2.71. The topological polar surface area (TPSA) is 42.2 Å². The van der Waals surface area contributed by atoms with Crippen molar-refractivity contribution in [3.63, 3.8) is 0 Å². The van der Waals surface area contributed by atoms with Gasteiger partial charge in [-0.25, -0.2) is 4.79 Å². The maximum absolute atomic E-state index is 12.4. The second-order valence-electron chi connectivity index (χ2n) is 7.42. The van der Waals surface area contributed by atoms with E-state index in [2.05, 4.69) is 31.2 Å². The van der Waals surface area contributed by atoms with Gasteiger partial charge in [0, 0.05) is 23.0 Å². The van der Waals surface area contributed by atoms with Crippen molar-refractivity contribution in [1.82, 2.24) is 4.57 Å². The lowest BCUT2D eigenvalue weighted by atomic mass is 9.99. The Hall–Kier alpha value is -3.33. The van der Waals surface area contributed by atoms with Crippen molar-refractivity contribution in [2.75, 3.05) is 0 Å². The van der Waals surface area contributed by atoms with Crippen molar-refractivity contribution in [2.24, 2.45) is 0 Å². The van der Waals surface area contributed by atoms with E-state index in [1.807, 2.05) is 59.2 Å². The van der Waals surface area contributed by atoms with Crippen LogP contribution in [0.25, 0.3) is 22.0 Å². The zero-order valence-electron chi connectivity index (χ0n) is 16.6. The van der Waals surface area contributed by atoms with Crippen molar-refractivity contribution >= 4 is 16.9 Å². The summed E-state index contributed by atoms with van der Waals surface area (Å²) in [5, 5.41) is 11.1. The molecule has 29 heavy (non-hydrogen) atoms. The first-order valence-corrected chi connectivity index (χ1v) is 10.2. The van der Waals surface area contributed by atoms with Gasteiger partial charge in [0.1, 0.15) is 5.69 Å². The number of nitrogens with zero attached hydrogens (tertiary/aromatic N) is 1. The molecule has 0 aliphatic rings. The Bertz CT molecular complexity index is 1120. The third-order valence-corrected chi connectivity index (χ3v) is 5.42. The molecule has 0 saturated heterocycles. The predicted molar refractivity (Wildman–Crippen MR) is 118 cm³/mol. The third-order valence-electron chi connectivity index (χ3n) is 5.42. The first-order valence-electron chi connectivity index (χ1n) is 10.2. The molecule has 0 unspecified atom stereocenters. The Morgan fingerprint density at radius 1 is 0.862 bits per heavy atom. The van der Waals surface area contributed by atoms with Gasteiger partial charge in [-0.3, -0.25) is 0 Å². The summed E-state index contributed by atoms with van der Waals surface area (Å²) in [6.07, 6.45) is 3.38. The van der Waals surface area contributed by atoms with E-state index in [0.717, 1.165) is 46.9 Å². The fourth-order valence-electron chi connectivity index (χ4n) is 3.97. The quantitative estimate of drug-likeness (QED) is 0.401. The Morgan fingerprint density at radius 3 is 2.24 bits per heavy atom. The maximum atomic E-state index is 12.4. The predicted octanol–water partition coefficient (Wildman–Crippen LogP) is 6.40. The van der Waals surface area contributed by atoms with Crippen LogP contribution in [0.1, 0.15) is 41.4 Å². The molecule has 0 aliphatic heterocycles. The summed E-state index contributed by atoms with van der Waals surface area (Å²) in [7, 11) is 0. The molecule has 1 N–H and O–H groups in total. The molecular formula is C26H25NO2. The van der Waals surface area contributed by atoms with E-state index in [0.29, 0.717) is 12.2 Å². The van der Waals surface area contributed by atoms with Crippen LogP contribution in [0.4, 0.5) is 0 Å². The highest BCUT2D eigenvalue weighted by atomic mass is 16.4. The minimum Gasteiger partial charge on any atom is -0.477 e. The summed E-state index contributed by atoms with van der Waals surface area (Å²) in [5.74, 6) is -0.901. The maximum Gasteiger partial charge on any atom is 0.353 e. The third kappa shape index (κ3) is 3.81. The fraction of sp³-hybridized carbons (Fsp3) is 0.192. The van der Waals surface area contributed by atoms with E-state index < -0.39 is 5.97 Å². The van der Waals surface area contributed by atoms with Crippen LogP contribution >= 0.6 is 0 Å². The van der Waals surface area contributed by atoms with Gasteiger partial charge in [-0.05, 0) is 35.6 Å². The second kappa shape index (κ2) is 8.36. The van der Waals surface area contributed by atoms with E-state index in [1.165, 1.54) is 5.56 Å². The lowest BCUT2D eigenvalue weighted by molar-refractivity contribution is 0.0687. The highest BCUT2D eigenvalue weighted by molar-refractivity contribution is 6.08. The number of hydrogen-bond donors (Lipinski definition) is 1. The molecule has 0 bridgehead atoms. The number of aromatic nitrogens is 1. The number of carboxylic acids is 1. The van der Waals surface area contributed by atoms with Gasteiger partial charge in [0.05, 0.1) is 0 Å². The number of rotatable bonds is 7. The van der Waals surface area contributed by atoms with Gasteiger partial charge in [0.25, 0.3) is 0 Å². The van der Waals surface area contributed by atoms with E-state index in [-0.39, 0.29) is 0 Å². The molecule has 0 radical (unpaired) electrons. The van der Waals surface area contributed by atoms with E-state index >= 15 is 0 Å². The van der Waals surface area contributed by atoms with Gasteiger partial charge in [-0.15, -0.1) is 0 Å². The normalized spacial score (nSPS) is 11.1. The molecule has 146 valence electrons. The standard InChI is InChI=1S/C26H25NO2/c1-2-3-9-19-14-16-21(17-15-19)24-22-12-7-8-13-23(22)27(25(24)26(28)29)18-20-10-5-4-6-11-20/h4-8,10-17H,2-3,9,18H2,1H3,(H,28,29). The van der Waals surface area contributed by atoms with Gasteiger partial charge in [0.15, 0.2) is 0 Å². The number of hydrogen-bond acceptors (Lipinski definition) is 1. The molecule has 0 spiro atoms. The number of benzene rings is 3. The van der Waals surface area contributed by atoms with Gasteiger partial charge in [0.2, 0.25) is 0 Å². The van der Waals surface area contributed by atoms with Crippen LogP contribution in [0.5, 0.6) is 0 Å². The van der Waals surface area contributed by atoms with Crippen molar-refractivity contribution in [2.45, 2.75) is 32.7 Å². The summed E-state index contributed by atoms with van der Waals surface area (Å²) in [5.41, 5.74) is 5.41. The summed E-state index contributed by atoms with van der Waals surface area (Å²) < 4.78 is 1.92. The zero-order valence-corrected chi connectivity index (χ0v) is 16.6. The number of unbranched alkanes of at least 4 members (excludes halogenated alkanes) is 1. The van der Waals surface area contributed by atoms with Crippen LogP contribution < -0.4 is 0 Å². The van der Waals surface area contributed by atoms with E-state index in [1.54, 1.807) is 0 Å². The minimum atomic E-state index is -0.901. The zero-order chi connectivity index (χ0) is 20.2. The Morgan fingerprint density at radius 2 is 1.55 bits per heavy atom. The van der Waals surface area contributed by atoms with Gasteiger partial charge < -0.3 is 9.67 Å². The van der Waals surface area contributed by atoms with Crippen LogP contribution in [0.15, 0.2) is 78.9 Å². The monoisotopic (exact) mass is 383 g/mol. The number of para-hydroxylation sites is 1. The number of aromatic carboxylic acids is 1. The van der Waals surface area contributed by atoms with Crippen LogP contribution in [0, 0.1) is 0 Å². The Kier molecular flexibility index (Phi) is 5.48. The molecule has 4 aromatic rings. The Labute approximate surface area is 171 Å². The fourth-order valence-corrected chi connectivity index (χ4v) is 3.97.